The van der Waals surface area contributed by atoms with E-state index in [1.165, 1.54) is 11.1 Å². The first-order chi connectivity index (χ1) is 16.7. The van der Waals surface area contributed by atoms with Gasteiger partial charge in [-0.1, -0.05) is 61.9 Å². The smallest absolute Gasteiger partial charge is 0.252 e. The number of nitrogens with one attached hydrogen (secondary N) is 1. The van der Waals surface area contributed by atoms with Gasteiger partial charge in [-0.15, -0.1) is 5.10 Å². The summed E-state index contributed by atoms with van der Waals surface area (Å²) in [7, 11) is 0. The van der Waals surface area contributed by atoms with Gasteiger partial charge >= 0.3 is 0 Å². The lowest BCUT2D eigenvalue weighted by Crippen LogP contribution is -2.36. The van der Waals surface area contributed by atoms with Crippen LogP contribution in [0.15, 0.2) is 53.3 Å². The highest BCUT2D eigenvalue weighted by Crippen LogP contribution is 2.30. The Hall–Kier alpha value is -3.32. The summed E-state index contributed by atoms with van der Waals surface area (Å²) < 4.78 is 1.96. The topological polar surface area (TPSA) is 79.7 Å². The number of aryl methyl sites for hydroxylation is 2. The summed E-state index contributed by atoms with van der Waals surface area (Å²) in [5.74, 6) is 0.833. The zero-order valence-electron chi connectivity index (χ0n) is 21.7. The van der Waals surface area contributed by atoms with Crippen LogP contribution in [0.4, 0.5) is 0 Å². The number of pyridine rings is 1. The van der Waals surface area contributed by atoms with Crippen LogP contribution in [0.25, 0.3) is 10.9 Å². The third kappa shape index (κ3) is 5.20. The Morgan fingerprint density at radius 2 is 1.80 bits per heavy atom. The zero-order chi connectivity index (χ0) is 25.2. The fourth-order valence-corrected chi connectivity index (χ4v) is 4.56. The average Bonchev–Trinajstić information content (AvgIpc) is 3.33. The number of benzene rings is 2. The van der Waals surface area contributed by atoms with E-state index in [0.717, 1.165) is 40.7 Å². The standard InChI is InChI=1S/C28H36N6O/c1-7-24(26-30-31-32-34(26)28(5,6)8-2)33(17-21-14-12-19(3)13-15-21)18-23-16-22-11-9-10-20(4)25(22)29-27(23)35/h9-16,24H,7-8,17-18H2,1-6H3,(H,29,35)/t24-/m0/s1. The highest BCUT2D eigenvalue weighted by molar-refractivity contribution is 5.81. The molecule has 2 aromatic carbocycles. The van der Waals surface area contributed by atoms with Crippen molar-refractivity contribution < 1.29 is 0 Å². The van der Waals surface area contributed by atoms with E-state index in [4.69, 9.17) is 0 Å². The Morgan fingerprint density at radius 1 is 1.06 bits per heavy atom. The van der Waals surface area contributed by atoms with Gasteiger partial charge in [0.1, 0.15) is 0 Å². The Labute approximate surface area is 207 Å². The van der Waals surface area contributed by atoms with Crippen LogP contribution in [0.5, 0.6) is 0 Å². The van der Waals surface area contributed by atoms with Crippen molar-refractivity contribution in [2.75, 3.05) is 0 Å². The molecule has 0 saturated carbocycles. The zero-order valence-corrected chi connectivity index (χ0v) is 21.7. The lowest BCUT2D eigenvalue weighted by Gasteiger charge is -2.33. The SMILES string of the molecule is CC[C@@H](c1nnnn1C(C)(C)CC)N(Cc1ccc(C)cc1)Cc1cc2cccc(C)c2[nH]c1=O. The fraction of sp³-hybridized carbons (Fsp3) is 0.429. The van der Waals surface area contributed by atoms with E-state index in [1.807, 2.05) is 35.9 Å². The van der Waals surface area contributed by atoms with E-state index < -0.39 is 0 Å². The lowest BCUT2D eigenvalue weighted by atomic mass is 10.0. The normalized spacial score (nSPS) is 13.0. The first kappa shape index (κ1) is 24.8. The van der Waals surface area contributed by atoms with Gasteiger partial charge in [0.15, 0.2) is 5.82 Å². The highest BCUT2D eigenvalue weighted by atomic mass is 16.1. The summed E-state index contributed by atoms with van der Waals surface area (Å²) in [5.41, 5.74) is 4.85. The second-order valence-electron chi connectivity index (χ2n) is 10.1. The van der Waals surface area contributed by atoms with Crippen molar-refractivity contribution in [3.63, 3.8) is 0 Å². The van der Waals surface area contributed by atoms with Gasteiger partial charge < -0.3 is 4.98 Å². The Balaban J connectivity index is 1.78. The second-order valence-corrected chi connectivity index (χ2v) is 10.1. The molecule has 0 fully saturated rings. The third-order valence-electron chi connectivity index (χ3n) is 7.10. The van der Waals surface area contributed by atoms with Gasteiger partial charge in [0.05, 0.1) is 17.1 Å². The first-order valence-corrected chi connectivity index (χ1v) is 12.4. The number of para-hydroxylation sites is 1. The van der Waals surface area contributed by atoms with Crippen molar-refractivity contribution in [2.24, 2.45) is 0 Å². The van der Waals surface area contributed by atoms with Crippen molar-refractivity contribution in [3.8, 4) is 0 Å². The molecule has 4 aromatic rings. The van der Waals surface area contributed by atoms with Gasteiger partial charge in [0, 0.05) is 18.7 Å². The highest BCUT2D eigenvalue weighted by Gasteiger charge is 2.31. The number of H-pyrrole nitrogens is 1. The summed E-state index contributed by atoms with van der Waals surface area (Å²) >= 11 is 0. The van der Waals surface area contributed by atoms with Crippen molar-refractivity contribution in [3.05, 3.63) is 87.0 Å². The van der Waals surface area contributed by atoms with Gasteiger partial charge in [-0.2, -0.15) is 0 Å². The van der Waals surface area contributed by atoms with E-state index in [-0.39, 0.29) is 17.1 Å². The quantitative estimate of drug-likeness (QED) is 0.351. The molecule has 4 rings (SSSR count). The molecule has 1 atom stereocenters. The number of aromatic nitrogens is 5. The predicted octanol–water partition coefficient (Wildman–Crippen LogP) is 5.43. The Kier molecular flexibility index (Phi) is 7.17. The van der Waals surface area contributed by atoms with Gasteiger partial charge in [0.25, 0.3) is 5.56 Å². The summed E-state index contributed by atoms with van der Waals surface area (Å²) in [6.45, 7) is 13.9. The molecular formula is C28H36N6O. The third-order valence-corrected chi connectivity index (χ3v) is 7.10. The molecule has 0 spiro atoms. The van der Waals surface area contributed by atoms with Gasteiger partial charge in [-0.25, -0.2) is 4.68 Å². The van der Waals surface area contributed by atoms with E-state index in [2.05, 4.69) is 84.3 Å². The molecule has 7 heteroatoms. The number of rotatable bonds is 9. The van der Waals surface area contributed by atoms with Crippen LogP contribution < -0.4 is 5.56 Å². The van der Waals surface area contributed by atoms with Crippen LogP contribution in [-0.4, -0.2) is 30.1 Å². The van der Waals surface area contributed by atoms with Crippen LogP contribution in [0, 0.1) is 13.8 Å². The molecule has 7 nitrogen and oxygen atoms in total. The predicted molar refractivity (Wildman–Crippen MR) is 140 cm³/mol. The summed E-state index contributed by atoms with van der Waals surface area (Å²) in [6, 6.07) is 16.6. The fourth-order valence-electron chi connectivity index (χ4n) is 4.56. The minimum absolute atomic E-state index is 0.0512. The number of aromatic amines is 1. The molecule has 2 aromatic heterocycles. The number of nitrogens with zero attached hydrogens (tertiary/aromatic N) is 5. The van der Waals surface area contributed by atoms with E-state index in [0.29, 0.717) is 13.1 Å². The molecule has 0 aliphatic heterocycles. The molecule has 1 N–H and O–H groups in total. The molecule has 0 aliphatic rings. The van der Waals surface area contributed by atoms with Crippen molar-refractivity contribution in [1.82, 2.24) is 30.1 Å². The molecule has 0 unspecified atom stereocenters. The molecule has 0 saturated heterocycles. The molecule has 2 heterocycles. The molecule has 0 bridgehead atoms. The summed E-state index contributed by atoms with van der Waals surface area (Å²) in [4.78, 5) is 18.6. The summed E-state index contributed by atoms with van der Waals surface area (Å²) in [6.07, 6.45) is 1.72. The maximum Gasteiger partial charge on any atom is 0.252 e. The maximum absolute atomic E-state index is 13.2. The number of hydrogen-bond acceptors (Lipinski definition) is 5. The molecule has 0 amide bonds. The molecule has 184 valence electrons. The van der Waals surface area contributed by atoms with E-state index >= 15 is 0 Å². The van der Waals surface area contributed by atoms with E-state index in [1.54, 1.807) is 0 Å². The van der Waals surface area contributed by atoms with Crippen LogP contribution >= 0.6 is 0 Å². The van der Waals surface area contributed by atoms with Crippen molar-refractivity contribution >= 4 is 10.9 Å². The van der Waals surface area contributed by atoms with Crippen molar-refractivity contribution in [1.29, 1.82) is 0 Å². The largest absolute Gasteiger partial charge is 0.321 e. The summed E-state index contributed by atoms with van der Waals surface area (Å²) in [5, 5.41) is 13.9. The number of fused-ring (bicyclic) bond motifs is 1. The minimum atomic E-state index is -0.209. The molecular weight excluding hydrogens is 436 g/mol. The van der Waals surface area contributed by atoms with Gasteiger partial charge in [-0.05, 0) is 73.5 Å². The first-order valence-electron chi connectivity index (χ1n) is 12.4. The maximum atomic E-state index is 13.2. The molecule has 0 radical (unpaired) electrons. The van der Waals surface area contributed by atoms with Crippen LogP contribution in [0.2, 0.25) is 0 Å². The average molecular weight is 473 g/mol. The Morgan fingerprint density at radius 3 is 2.49 bits per heavy atom. The molecule has 35 heavy (non-hydrogen) atoms. The van der Waals surface area contributed by atoms with E-state index in [9.17, 15) is 4.79 Å². The van der Waals surface area contributed by atoms with Crippen LogP contribution in [0.1, 0.15) is 74.7 Å². The number of tetrazole rings is 1. The van der Waals surface area contributed by atoms with Gasteiger partial charge in [-0.3, -0.25) is 9.69 Å². The monoisotopic (exact) mass is 472 g/mol. The Bertz CT molecular complexity index is 1350. The number of hydrogen-bond donors (Lipinski definition) is 1. The molecule has 0 aliphatic carbocycles. The van der Waals surface area contributed by atoms with Crippen LogP contribution in [0.3, 0.4) is 0 Å². The second kappa shape index (κ2) is 10.1. The van der Waals surface area contributed by atoms with Crippen molar-refractivity contribution in [2.45, 2.75) is 79.1 Å². The van der Waals surface area contributed by atoms with Gasteiger partial charge in [0.2, 0.25) is 0 Å². The minimum Gasteiger partial charge on any atom is -0.321 e. The van der Waals surface area contributed by atoms with Crippen LogP contribution in [-0.2, 0) is 18.6 Å². The lowest BCUT2D eigenvalue weighted by molar-refractivity contribution is 0.150.